The summed E-state index contributed by atoms with van der Waals surface area (Å²) in [5, 5.41) is 22.3. The van der Waals surface area contributed by atoms with Crippen molar-refractivity contribution in [1.82, 2.24) is 0 Å². The smallest absolute Gasteiger partial charge is 0.164 e. The Morgan fingerprint density at radius 2 is 1.28 bits per heavy atom. The molecule has 4 aliphatic rings. The van der Waals surface area contributed by atoms with Crippen LogP contribution in [0.4, 0.5) is 0 Å². The summed E-state index contributed by atoms with van der Waals surface area (Å²) in [7, 11) is 0. The highest BCUT2D eigenvalue weighted by Gasteiger charge is 2.66. The van der Waals surface area contributed by atoms with Gasteiger partial charge >= 0.3 is 0 Å². The highest BCUT2D eigenvalue weighted by molar-refractivity contribution is 5.10. The average Bonchev–Trinajstić information content (AvgIpc) is 3.36. The van der Waals surface area contributed by atoms with Gasteiger partial charge in [0, 0.05) is 0 Å². The van der Waals surface area contributed by atoms with Gasteiger partial charge in [0.15, 0.2) is 28.7 Å². The lowest BCUT2D eigenvalue weighted by molar-refractivity contribution is -0.222. The summed E-state index contributed by atoms with van der Waals surface area (Å²) in [6.07, 6.45) is -4.71. The van der Waals surface area contributed by atoms with Crippen molar-refractivity contribution >= 4 is 0 Å². The molecule has 4 fully saturated rings. The standard InChI is InChI=1S/C22H38O10/c1-18(2)25-9-12(27-18)14-15(30-20(5,6)29-14)16(24)22(11-23)17(31-21(7,8)32-22)13-10-26-19(3,4)28-13/h12-17,23-24H,9-11H2,1-8H3/t12-,13-,14+,15-,16+,17-,22-/m1/s1. The van der Waals surface area contributed by atoms with Crippen LogP contribution in [0.3, 0.4) is 0 Å². The van der Waals surface area contributed by atoms with Crippen LogP contribution in [0.25, 0.3) is 0 Å². The molecular weight excluding hydrogens is 424 g/mol. The molecule has 4 saturated heterocycles. The molecule has 7 atom stereocenters. The maximum absolute atomic E-state index is 11.7. The summed E-state index contributed by atoms with van der Waals surface area (Å²) in [4.78, 5) is 0. The SMILES string of the molecule is CC1(C)O[C@@H]([C@H]2COC(C)(C)O2)[C@H]([C@H](O)[C@@]2(CO)OC(C)(C)O[C@@H]2[C@H]2COC(C)(C)O2)O1. The minimum absolute atomic E-state index is 0.232. The first-order chi connectivity index (χ1) is 14.6. The molecule has 2 N–H and O–H groups in total. The minimum atomic E-state index is -1.54. The Kier molecular flexibility index (Phi) is 6.03. The van der Waals surface area contributed by atoms with E-state index in [0.717, 1.165) is 0 Å². The van der Waals surface area contributed by atoms with E-state index in [9.17, 15) is 10.2 Å². The summed E-state index contributed by atoms with van der Waals surface area (Å²) in [6.45, 7) is 14.2. The fraction of sp³-hybridized carbons (Fsp3) is 1.00. The van der Waals surface area contributed by atoms with Gasteiger partial charge in [-0.1, -0.05) is 0 Å². The van der Waals surface area contributed by atoms with Crippen molar-refractivity contribution in [3.8, 4) is 0 Å². The van der Waals surface area contributed by atoms with Gasteiger partial charge in [-0.25, -0.2) is 0 Å². The molecule has 4 heterocycles. The van der Waals surface area contributed by atoms with Gasteiger partial charge in [0.1, 0.15) is 36.6 Å². The Labute approximate surface area is 189 Å². The zero-order chi connectivity index (χ0) is 23.7. The second-order valence-corrected chi connectivity index (χ2v) is 10.9. The number of hydrogen-bond acceptors (Lipinski definition) is 10. The predicted molar refractivity (Wildman–Crippen MR) is 109 cm³/mol. The highest BCUT2D eigenvalue weighted by atomic mass is 16.8. The van der Waals surface area contributed by atoms with Crippen LogP contribution in [-0.2, 0) is 37.9 Å². The number of aliphatic hydroxyl groups excluding tert-OH is 2. The lowest BCUT2D eigenvalue weighted by atomic mass is 9.83. The second-order valence-electron chi connectivity index (χ2n) is 10.9. The Morgan fingerprint density at radius 3 is 1.78 bits per heavy atom. The molecule has 0 amide bonds. The molecule has 0 aromatic heterocycles. The van der Waals surface area contributed by atoms with Gasteiger partial charge in [-0.3, -0.25) is 0 Å². The van der Waals surface area contributed by atoms with Crippen molar-refractivity contribution in [1.29, 1.82) is 0 Å². The van der Waals surface area contributed by atoms with Crippen LogP contribution in [0, 0.1) is 0 Å². The summed E-state index contributed by atoms with van der Waals surface area (Å²) >= 11 is 0. The van der Waals surface area contributed by atoms with Gasteiger partial charge < -0.3 is 48.1 Å². The van der Waals surface area contributed by atoms with Crippen LogP contribution >= 0.6 is 0 Å². The van der Waals surface area contributed by atoms with E-state index in [4.69, 9.17) is 37.9 Å². The van der Waals surface area contributed by atoms with Gasteiger partial charge in [0.05, 0.1) is 19.8 Å². The van der Waals surface area contributed by atoms with Crippen LogP contribution in [-0.4, -0.2) is 95.4 Å². The Bertz CT molecular complexity index is 707. The van der Waals surface area contributed by atoms with Crippen LogP contribution < -0.4 is 0 Å². The van der Waals surface area contributed by atoms with E-state index in [2.05, 4.69) is 0 Å². The molecule has 4 aliphatic heterocycles. The molecule has 0 aromatic rings. The molecule has 0 saturated carbocycles. The first kappa shape index (κ1) is 24.7. The van der Waals surface area contributed by atoms with E-state index < -0.39 is 72.0 Å². The third kappa shape index (κ3) is 4.47. The van der Waals surface area contributed by atoms with Gasteiger partial charge in [0.25, 0.3) is 0 Å². The van der Waals surface area contributed by atoms with E-state index >= 15 is 0 Å². The number of hydrogen-bond donors (Lipinski definition) is 2. The second kappa shape index (κ2) is 7.81. The van der Waals surface area contributed by atoms with Crippen LogP contribution in [0.2, 0.25) is 0 Å². The molecule has 4 rings (SSSR count). The normalized spacial score (nSPS) is 45.4. The van der Waals surface area contributed by atoms with Crippen molar-refractivity contribution in [2.45, 2.75) is 121 Å². The Morgan fingerprint density at radius 1 is 0.719 bits per heavy atom. The number of ether oxygens (including phenoxy) is 8. The molecule has 0 spiro atoms. The van der Waals surface area contributed by atoms with E-state index in [0.29, 0.717) is 0 Å². The van der Waals surface area contributed by atoms with Gasteiger partial charge in [-0.05, 0) is 55.4 Å². The minimum Gasteiger partial charge on any atom is -0.393 e. The van der Waals surface area contributed by atoms with Gasteiger partial charge in [0.2, 0.25) is 0 Å². The van der Waals surface area contributed by atoms with E-state index in [1.54, 1.807) is 41.5 Å². The van der Waals surface area contributed by atoms with E-state index in [1.165, 1.54) is 0 Å². The van der Waals surface area contributed by atoms with Crippen molar-refractivity contribution in [3.63, 3.8) is 0 Å². The van der Waals surface area contributed by atoms with E-state index in [1.807, 2.05) is 13.8 Å². The lowest BCUT2D eigenvalue weighted by Gasteiger charge is -2.40. The number of aliphatic hydroxyl groups is 2. The average molecular weight is 463 g/mol. The fourth-order valence-electron chi connectivity index (χ4n) is 5.15. The third-order valence-corrected chi connectivity index (χ3v) is 6.32. The highest BCUT2D eigenvalue weighted by Crippen LogP contribution is 2.47. The monoisotopic (exact) mass is 462 g/mol. The molecule has 10 heteroatoms. The van der Waals surface area contributed by atoms with Crippen molar-refractivity contribution < 1.29 is 48.1 Å². The van der Waals surface area contributed by atoms with Crippen molar-refractivity contribution in [2.24, 2.45) is 0 Å². The first-order valence-electron chi connectivity index (χ1n) is 11.2. The molecule has 0 aliphatic carbocycles. The van der Waals surface area contributed by atoms with E-state index in [-0.39, 0.29) is 13.2 Å². The predicted octanol–water partition coefficient (Wildman–Crippen LogP) is 1.05. The van der Waals surface area contributed by atoms with Crippen LogP contribution in [0.1, 0.15) is 55.4 Å². The van der Waals surface area contributed by atoms with Crippen LogP contribution in [0.5, 0.6) is 0 Å². The van der Waals surface area contributed by atoms with Crippen LogP contribution in [0.15, 0.2) is 0 Å². The molecule has 0 radical (unpaired) electrons. The molecule has 32 heavy (non-hydrogen) atoms. The zero-order valence-electron chi connectivity index (χ0n) is 20.2. The maximum Gasteiger partial charge on any atom is 0.164 e. The number of rotatable bonds is 5. The first-order valence-corrected chi connectivity index (χ1v) is 11.2. The summed E-state index contributed by atoms with van der Waals surface area (Å²) in [5.74, 6) is -3.65. The molecule has 186 valence electrons. The summed E-state index contributed by atoms with van der Waals surface area (Å²) in [5.41, 5.74) is -1.54. The van der Waals surface area contributed by atoms with Crippen molar-refractivity contribution in [2.75, 3.05) is 19.8 Å². The molecule has 10 nitrogen and oxygen atoms in total. The quantitative estimate of drug-likeness (QED) is 0.614. The molecular formula is C22H38O10. The molecule has 0 unspecified atom stereocenters. The lowest BCUT2D eigenvalue weighted by Crippen LogP contribution is -2.64. The molecule has 0 aromatic carbocycles. The zero-order valence-corrected chi connectivity index (χ0v) is 20.2. The van der Waals surface area contributed by atoms with Gasteiger partial charge in [-0.15, -0.1) is 0 Å². The summed E-state index contributed by atoms with van der Waals surface area (Å²) in [6, 6.07) is 0. The maximum atomic E-state index is 11.7. The third-order valence-electron chi connectivity index (χ3n) is 6.32. The topological polar surface area (TPSA) is 114 Å². The summed E-state index contributed by atoms with van der Waals surface area (Å²) < 4.78 is 48.1. The fourth-order valence-corrected chi connectivity index (χ4v) is 5.15. The Balaban J connectivity index is 1.65. The van der Waals surface area contributed by atoms with Gasteiger partial charge in [-0.2, -0.15) is 0 Å². The molecule has 0 bridgehead atoms. The largest absolute Gasteiger partial charge is 0.393 e. The Hall–Kier alpha value is -0.400. The van der Waals surface area contributed by atoms with Crippen molar-refractivity contribution in [3.05, 3.63) is 0 Å².